The van der Waals surface area contributed by atoms with E-state index >= 15 is 0 Å². The lowest BCUT2D eigenvalue weighted by Crippen LogP contribution is -2.46. The van der Waals surface area contributed by atoms with Gasteiger partial charge in [-0.25, -0.2) is 8.42 Å². The zero-order chi connectivity index (χ0) is 25.0. The predicted molar refractivity (Wildman–Crippen MR) is 131 cm³/mol. The van der Waals surface area contributed by atoms with Crippen molar-refractivity contribution in [3.8, 4) is 5.75 Å². The first-order valence-corrected chi connectivity index (χ1v) is 13.8. The molecule has 0 spiro atoms. The van der Waals surface area contributed by atoms with Gasteiger partial charge < -0.3 is 14.8 Å². The summed E-state index contributed by atoms with van der Waals surface area (Å²) < 4.78 is 39.1. The van der Waals surface area contributed by atoms with Gasteiger partial charge in [-0.05, 0) is 49.4 Å². The molecule has 2 atom stereocenters. The number of sulfonamides is 1. The Bertz CT molecular complexity index is 1020. The molecular weight excluding hydrogens is 472 g/mol. The summed E-state index contributed by atoms with van der Waals surface area (Å²) in [6.45, 7) is 9.30. The smallest absolute Gasteiger partial charge is 0.265 e. The Kier molecular flexibility index (Phi) is 8.31. The summed E-state index contributed by atoms with van der Waals surface area (Å²) in [6.07, 6.45) is 1.79. The van der Waals surface area contributed by atoms with Crippen molar-refractivity contribution in [2.75, 3.05) is 70.5 Å². The highest BCUT2D eigenvalue weighted by atomic mass is 32.2. The first-order valence-electron chi connectivity index (χ1n) is 12.4. The van der Waals surface area contributed by atoms with E-state index in [0.29, 0.717) is 31.1 Å². The molecule has 10 nitrogen and oxygen atoms in total. The van der Waals surface area contributed by atoms with E-state index in [0.717, 1.165) is 45.7 Å². The van der Waals surface area contributed by atoms with E-state index in [1.807, 2.05) is 0 Å². The lowest BCUT2D eigenvalue weighted by atomic mass is 9.94. The maximum absolute atomic E-state index is 13.4. The largest absolute Gasteiger partial charge is 0.482 e. The summed E-state index contributed by atoms with van der Waals surface area (Å²) in [5.41, 5.74) is 0.309. The molecule has 4 rings (SSSR count). The number of fused-ring (bicyclic) bond motifs is 1. The Morgan fingerprint density at radius 1 is 1.14 bits per heavy atom. The molecule has 0 aliphatic carbocycles. The van der Waals surface area contributed by atoms with Gasteiger partial charge >= 0.3 is 0 Å². The SMILES string of the molecule is CC1CC(C)CN(S(=O)(=O)c2ccc3c(c2)N(CC(=O)NCCCN2CCOCC2)C(=O)CO3)C1. The molecule has 3 aliphatic heterocycles. The van der Waals surface area contributed by atoms with Crippen LogP contribution in [0.3, 0.4) is 0 Å². The molecule has 0 aromatic heterocycles. The fourth-order valence-electron chi connectivity index (χ4n) is 5.02. The van der Waals surface area contributed by atoms with Gasteiger partial charge in [0.2, 0.25) is 15.9 Å². The molecule has 3 aliphatic rings. The van der Waals surface area contributed by atoms with Crippen LogP contribution in [0, 0.1) is 11.8 Å². The van der Waals surface area contributed by atoms with Crippen molar-refractivity contribution >= 4 is 27.5 Å². The number of piperidine rings is 1. The van der Waals surface area contributed by atoms with Crippen LogP contribution in [0.2, 0.25) is 0 Å². The first-order chi connectivity index (χ1) is 16.7. The van der Waals surface area contributed by atoms with Crippen LogP contribution >= 0.6 is 0 Å². The summed E-state index contributed by atoms with van der Waals surface area (Å²) in [4.78, 5) is 28.9. The maximum atomic E-state index is 13.4. The van der Waals surface area contributed by atoms with Gasteiger partial charge in [-0.15, -0.1) is 0 Å². The molecule has 2 unspecified atom stereocenters. The van der Waals surface area contributed by atoms with Crippen LogP contribution in [0.4, 0.5) is 5.69 Å². The van der Waals surface area contributed by atoms with E-state index in [9.17, 15) is 18.0 Å². The van der Waals surface area contributed by atoms with Crippen LogP contribution in [0.15, 0.2) is 23.1 Å². The quantitative estimate of drug-likeness (QED) is 0.520. The number of rotatable bonds is 8. The number of nitrogens with one attached hydrogen (secondary N) is 1. The van der Waals surface area contributed by atoms with E-state index in [-0.39, 0.29) is 41.7 Å². The topological polar surface area (TPSA) is 108 Å². The maximum Gasteiger partial charge on any atom is 0.265 e. The molecule has 194 valence electrons. The molecule has 2 saturated heterocycles. The van der Waals surface area contributed by atoms with Gasteiger partial charge in [0, 0.05) is 32.7 Å². The molecule has 35 heavy (non-hydrogen) atoms. The third-order valence-corrected chi connectivity index (χ3v) is 8.55. The van der Waals surface area contributed by atoms with Crippen molar-refractivity contribution < 1.29 is 27.5 Å². The highest BCUT2D eigenvalue weighted by Gasteiger charge is 2.34. The molecule has 1 aromatic rings. The van der Waals surface area contributed by atoms with E-state index in [1.165, 1.54) is 21.3 Å². The molecule has 11 heteroatoms. The van der Waals surface area contributed by atoms with Crippen molar-refractivity contribution in [1.82, 2.24) is 14.5 Å². The first kappa shape index (κ1) is 25.9. The average Bonchev–Trinajstić information content (AvgIpc) is 2.83. The van der Waals surface area contributed by atoms with Crippen molar-refractivity contribution in [2.45, 2.75) is 31.6 Å². The summed E-state index contributed by atoms with van der Waals surface area (Å²) in [7, 11) is -3.73. The van der Waals surface area contributed by atoms with Crippen LogP contribution in [-0.4, -0.2) is 95.1 Å². The summed E-state index contributed by atoms with van der Waals surface area (Å²) in [5.74, 6) is 0.277. The number of carbonyl (C=O) groups is 2. The van der Waals surface area contributed by atoms with Gasteiger partial charge in [-0.3, -0.25) is 19.4 Å². The van der Waals surface area contributed by atoms with E-state index in [1.54, 1.807) is 6.07 Å². The highest BCUT2D eigenvalue weighted by molar-refractivity contribution is 7.89. The van der Waals surface area contributed by atoms with Gasteiger partial charge in [0.05, 0.1) is 23.8 Å². The van der Waals surface area contributed by atoms with Gasteiger partial charge in [0.15, 0.2) is 6.61 Å². The third kappa shape index (κ3) is 6.32. The number of amides is 2. The molecule has 0 saturated carbocycles. The Hall–Kier alpha value is -2.21. The van der Waals surface area contributed by atoms with Crippen LogP contribution in [-0.2, 0) is 24.3 Å². The number of hydrogen-bond acceptors (Lipinski definition) is 7. The van der Waals surface area contributed by atoms with Gasteiger partial charge in [-0.2, -0.15) is 4.31 Å². The van der Waals surface area contributed by atoms with Crippen molar-refractivity contribution in [3.05, 3.63) is 18.2 Å². The number of carbonyl (C=O) groups excluding carboxylic acids is 2. The number of ether oxygens (including phenoxy) is 2. The fraction of sp³-hybridized carbons (Fsp3) is 0.667. The Morgan fingerprint density at radius 2 is 1.86 bits per heavy atom. The number of hydrogen-bond donors (Lipinski definition) is 1. The zero-order valence-electron chi connectivity index (χ0n) is 20.6. The molecular formula is C24H36N4O6S. The summed E-state index contributed by atoms with van der Waals surface area (Å²) in [6, 6.07) is 4.54. The molecule has 2 fully saturated rings. The van der Waals surface area contributed by atoms with Crippen LogP contribution in [0.5, 0.6) is 5.75 Å². The van der Waals surface area contributed by atoms with Gasteiger partial charge in [0.25, 0.3) is 5.91 Å². The Morgan fingerprint density at radius 3 is 2.57 bits per heavy atom. The lowest BCUT2D eigenvalue weighted by Gasteiger charge is -2.34. The highest BCUT2D eigenvalue weighted by Crippen LogP contribution is 2.36. The zero-order valence-corrected chi connectivity index (χ0v) is 21.4. The number of anilines is 1. The van der Waals surface area contributed by atoms with E-state index < -0.39 is 10.0 Å². The monoisotopic (exact) mass is 508 g/mol. The molecule has 0 radical (unpaired) electrons. The minimum absolute atomic E-state index is 0.103. The van der Waals surface area contributed by atoms with Gasteiger partial charge in [-0.1, -0.05) is 13.8 Å². The van der Waals surface area contributed by atoms with Crippen molar-refractivity contribution in [1.29, 1.82) is 0 Å². The van der Waals surface area contributed by atoms with Crippen LogP contribution in [0.25, 0.3) is 0 Å². The predicted octanol–water partition coefficient (Wildman–Crippen LogP) is 0.917. The average molecular weight is 509 g/mol. The van der Waals surface area contributed by atoms with Crippen molar-refractivity contribution in [3.63, 3.8) is 0 Å². The second-order valence-electron chi connectivity index (χ2n) is 9.82. The van der Waals surface area contributed by atoms with Crippen LogP contribution in [0.1, 0.15) is 26.7 Å². The minimum atomic E-state index is -3.73. The van der Waals surface area contributed by atoms with Crippen molar-refractivity contribution in [2.24, 2.45) is 11.8 Å². The molecule has 1 aromatic carbocycles. The second kappa shape index (κ2) is 11.2. The Balaban J connectivity index is 1.41. The Labute approximate surface area is 207 Å². The van der Waals surface area contributed by atoms with E-state index in [4.69, 9.17) is 9.47 Å². The molecule has 2 amide bonds. The van der Waals surface area contributed by atoms with Crippen LogP contribution < -0.4 is 15.0 Å². The lowest BCUT2D eigenvalue weighted by molar-refractivity contribution is -0.125. The molecule has 3 heterocycles. The van der Waals surface area contributed by atoms with Gasteiger partial charge in [0.1, 0.15) is 12.3 Å². The summed E-state index contributed by atoms with van der Waals surface area (Å²) >= 11 is 0. The number of benzene rings is 1. The molecule has 0 bridgehead atoms. The summed E-state index contributed by atoms with van der Waals surface area (Å²) in [5, 5.41) is 2.87. The molecule has 1 N–H and O–H groups in total. The number of nitrogens with zero attached hydrogens (tertiary/aromatic N) is 3. The fourth-order valence-corrected chi connectivity index (χ4v) is 6.72. The number of morpholine rings is 1. The second-order valence-corrected chi connectivity index (χ2v) is 11.8. The third-order valence-electron chi connectivity index (χ3n) is 6.73. The minimum Gasteiger partial charge on any atom is -0.482 e. The normalized spacial score (nSPS) is 24.1. The standard InChI is InChI=1S/C24H36N4O6S/c1-18-12-19(2)15-27(14-18)35(31,32)20-4-5-22-21(13-20)28(24(30)17-34-22)16-23(29)25-6-3-7-26-8-10-33-11-9-26/h4-5,13,18-19H,3,6-12,14-17H2,1-2H3,(H,25,29). The van der Waals surface area contributed by atoms with E-state index in [2.05, 4.69) is 24.1 Å².